The van der Waals surface area contributed by atoms with Crippen molar-refractivity contribution in [3.63, 3.8) is 0 Å². The second kappa shape index (κ2) is 6.85. The van der Waals surface area contributed by atoms with Gasteiger partial charge in [0.2, 0.25) is 5.78 Å². The van der Waals surface area contributed by atoms with Crippen LogP contribution < -0.4 is 0 Å². The Morgan fingerprint density at radius 1 is 1.12 bits per heavy atom. The molecule has 0 aliphatic carbocycles. The zero-order valence-electron chi connectivity index (χ0n) is 14.4. The minimum Gasteiger partial charge on any atom is -0.442 e. The fraction of sp³-hybridized carbons (Fsp3) is 0.211. The summed E-state index contributed by atoms with van der Waals surface area (Å²) in [6, 6.07) is 11.8. The minimum absolute atomic E-state index is 0.175. The van der Waals surface area contributed by atoms with Crippen molar-refractivity contribution in [3.8, 4) is 0 Å². The van der Waals surface area contributed by atoms with Crippen LogP contribution in [0.25, 0.3) is 10.9 Å². The standard InChI is InChI=1S/C19H16BrClN2O3/c1-19(2,3)26-18(25)23-15-9-6-12(20)10-14(15)16(22-23)17(24)11-4-7-13(21)8-5-11/h4-10H,1-3H3. The van der Waals surface area contributed by atoms with E-state index in [9.17, 15) is 9.59 Å². The van der Waals surface area contributed by atoms with Crippen LogP contribution >= 0.6 is 27.5 Å². The quantitative estimate of drug-likeness (QED) is 0.501. The molecule has 2 aromatic carbocycles. The maximum atomic E-state index is 12.9. The predicted octanol–water partition coefficient (Wildman–Crippen LogP) is 5.47. The number of nitrogens with zero attached hydrogens (tertiary/aromatic N) is 2. The molecule has 26 heavy (non-hydrogen) atoms. The molecule has 0 spiro atoms. The molecule has 1 heterocycles. The van der Waals surface area contributed by atoms with E-state index in [1.165, 1.54) is 0 Å². The first-order valence-corrected chi connectivity index (χ1v) is 9.05. The SMILES string of the molecule is CC(C)(C)OC(=O)n1nc(C(=O)c2ccc(Cl)cc2)c2cc(Br)ccc21. The molecule has 1 aromatic heterocycles. The zero-order chi connectivity index (χ0) is 19.1. The van der Waals surface area contributed by atoms with Gasteiger partial charge in [-0.2, -0.15) is 9.78 Å². The second-order valence-electron chi connectivity index (χ2n) is 6.74. The molecule has 0 amide bonds. The highest BCUT2D eigenvalue weighted by molar-refractivity contribution is 9.10. The molecule has 0 aliphatic rings. The third kappa shape index (κ3) is 3.81. The molecule has 0 unspecified atom stereocenters. The number of fused-ring (bicyclic) bond motifs is 1. The van der Waals surface area contributed by atoms with Crippen LogP contribution in [0.5, 0.6) is 0 Å². The molecule has 3 aromatic rings. The largest absolute Gasteiger partial charge is 0.442 e. The predicted molar refractivity (Wildman–Crippen MR) is 104 cm³/mol. The monoisotopic (exact) mass is 434 g/mol. The summed E-state index contributed by atoms with van der Waals surface area (Å²) in [5.41, 5.74) is 0.435. The maximum absolute atomic E-state index is 12.9. The summed E-state index contributed by atoms with van der Waals surface area (Å²) >= 11 is 9.28. The molecule has 0 aliphatic heterocycles. The third-order valence-corrected chi connectivity index (χ3v) is 4.28. The Kier molecular flexibility index (Phi) is 4.90. The van der Waals surface area contributed by atoms with E-state index >= 15 is 0 Å². The second-order valence-corrected chi connectivity index (χ2v) is 8.09. The van der Waals surface area contributed by atoms with Gasteiger partial charge >= 0.3 is 6.09 Å². The van der Waals surface area contributed by atoms with Crippen LogP contribution in [0.3, 0.4) is 0 Å². The summed E-state index contributed by atoms with van der Waals surface area (Å²) in [6.07, 6.45) is -0.639. The number of rotatable bonds is 2. The van der Waals surface area contributed by atoms with Gasteiger partial charge in [0.15, 0.2) is 0 Å². The first kappa shape index (κ1) is 18.6. The van der Waals surface area contributed by atoms with Gasteiger partial charge in [0, 0.05) is 20.4 Å². The average molecular weight is 436 g/mol. The van der Waals surface area contributed by atoms with E-state index in [-0.39, 0.29) is 11.5 Å². The topological polar surface area (TPSA) is 61.2 Å². The number of ketones is 1. The molecule has 5 nitrogen and oxygen atoms in total. The average Bonchev–Trinajstić information content (AvgIpc) is 2.92. The number of aromatic nitrogens is 2. The van der Waals surface area contributed by atoms with E-state index in [2.05, 4.69) is 21.0 Å². The molecule has 0 saturated heterocycles. The summed E-state index contributed by atoms with van der Waals surface area (Å²) in [6.45, 7) is 5.31. The Balaban J connectivity index is 2.13. The van der Waals surface area contributed by atoms with Crippen molar-refractivity contribution in [2.75, 3.05) is 0 Å². The highest BCUT2D eigenvalue weighted by Gasteiger charge is 2.25. The van der Waals surface area contributed by atoms with Gasteiger partial charge in [0.1, 0.15) is 11.3 Å². The zero-order valence-corrected chi connectivity index (χ0v) is 16.8. The molecule has 0 N–H and O–H groups in total. The van der Waals surface area contributed by atoms with Gasteiger partial charge in [-0.25, -0.2) is 4.79 Å². The van der Waals surface area contributed by atoms with Crippen molar-refractivity contribution in [1.82, 2.24) is 9.78 Å². The number of carbonyl (C=O) groups excluding carboxylic acids is 2. The summed E-state index contributed by atoms with van der Waals surface area (Å²) < 4.78 is 7.30. The summed E-state index contributed by atoms with van der Waals surface area (Å²) in [4.78, 5) is 25.4. The lowest BCUT2D eigenvalue weighted by Gasteiger charge is -2.19. The first-order valence-electron chi connectivity index (χ1n) is 7.87. The number of benzene rings is 2. The van der Waals surface area contributed by atoms with Crippen LogP contribution in [0.2, 0.25) is 5.02 Å². The van der Waals surface area contributed by atoms with Gasteiger partial charge < -0.3 is 4.74 Å². The Bertz CT molecular complexity index is 1000. The van der Waals surface area contributed by atoms with Crippen molar-refractivity contribution >= 4 is 50.3 Å². The van der Waals surface area contributed by atoms with Crippen LogP contribution in [0.1, 0.15) is 36.8 Å². The highest BCUT2D eigenvalue weighted by atomic mass is 79.9. The highest BCUT2D eigenvalue weighted by Crippen LogP contribution is 2.26. The van der Waals surface area contributed by atoms with Crippen molar-refractivity contribution in [2.24, 2.45) is 0 Å². The van der Waals surface area contributed by atoms with Crippen LogP contribution in [0, 0.1) is 0 Å². The van der Waals surface area contributed by atoms with Crippen molar-refractivity contribution in [1.29, 1.82) is 0 Å². The lowest BCUT2D eigenvalue weighted by Crippen LogP contribution is -2.27. The van der Waals surface area contributed by atoms with Gasteiger partial charge in [-0.05, 0) is 63.2 Å². The Hall–Kier alpha value is -2.18. The van der Waals surface area contributed by atoms with Gasteiger partial charge in [-0.3, -0.25) is 4.79 Å². The van der Waals surface area contributed by atoms with Gasteiger partial charge in [0.25, 0.3) is 0 Å². The molecule has 3 rings (SSSR count). The number of hydrogen-bond donors (Lipinski definition) is 0. The number of ether oxygens (including phenoxy) is 1. The molecule has 0 bridgehead atoms. The fourth-order valence-electron chi connectivity index (χ4n) is 2.44. The van der Waals surface area contributed by atoms with E-state index in [1.807, 2.05) is 0 Å². The smallest absolute Gasteiger partial charge is 0.435 e. The molecule has 0 radical (unpaired) electrons. The van der Waals surface area contributed by atoms with Gasteiger partial charge in [0.05, 0.1) is 5.52 Å². The lowest BCUT2D eigenvalue weighted by molar-refractivity contribution is 0.0522. The van der Waals surface area contributed by atoms with Crippen molar-refractivity contribution < 1.29 is 14.3 Å². The molecule has 7 heteroatoms. The van der Waals surface area contributed by atoms with E-state index in [0.717, 1.165) is 9.15 Å². The molecule has 0 atom stereocenters. The van der Waals surface area contributed by atoms with Crippen LogP contribution in [0.4, 0.5) is 4.79 Å². The lowest BCUT2D eigenvalue weighted by atomic mass is 10.1. The van der Waals surface area contributed by atoms with Gasteiger partial charge in [-0.15, -0.1) is 0 Å². The molecule has 134 valence electrons. The summed E-state index contributed by atoms with van der Waals surface area (Å²) in [5.74, 6) is -0.299. The number of halogens is 2. The van der Waals surface area contributed by atoms with Crippen LogP contribution in [-0.2, 0) is 4.74 Å². The third-order valence-electron chi connectivity index (χ3n) is 3.53. The molecule has 0 fully saturated rings. The van der Waals surface area contributed by atoms with Crippen molar-refractivity contribution in [2.45, 2.75) is 26.4 Å². The van der Waals surface area contributed by atoms with Crippen LogP contribution in [-0.4, -0.2) is 27.3 Å². The maximum Gasteiger partial charge on any atom is 0.435 e. The van der Waals surface area contributed by atoms with E-state index in [0.29, 0.717) is 21.5 Å². The van der Waals surface area contributed by atoms with E-state index in [1.54, 1.807) is 63.2 Å². The summed E-state index contributed by atoms with van der Waals surface area (Å²) in [5, 5.41) is 5.35. The Morgan fingerprint density at radius 2 is 1.77 bits per heavy atom. The first-order chi connectivity index (χ1) is 12.2. The van der Waals surface area contributed by atoms with Crippen molar-refractivity contribution in [3.05, 3.63) is 63.2 Å². The summed E-state index contributed by atoms with van der Waals surface area (Å²) in [7, 11) is 0. The molecular formula is C19H16BrClN2O3. The fourth-order valence-corrected chi connectivity index (χ4v) is 2.93. The normalized spacial score (nSPS) is 11.6. The molecular weight excluding hydrogens is 420 g/mol. The number of carbonyl (C=O) groups is 2. The Morgan fingerprint density at radius 3 is 2.38 bits per heavy atom. The van der Waals surface area contributed by atoms with E-state index < -0.39 is 11.7 Å². The minimum atomic E-state index is -0.676. The molecule has 0 saturated carbocycles. The van der Waals surface area contributed by atoms with Gasteiger partial charge in [-0.1, -0.05) is 27.5 Å². The number of hydrogen-bond acceptors (Lipinski definition) is 4. The van der Waals surface area contributed by atoms with E-state index in [4.69, 9.17) is 16.3 Å². The van der Waals surface area contributed by atoms with Crippen LogP contribution in [0.15, 0.2) is 46.9 Å². The Labute approximate surface area is 164 Å².